The number of aromatic nitrogens is 3. The average molecular weight is 244 g/mol. The van der Waals surface area contributed by atoms with Crippen LogP contribution in [0.25, 0.3) is 10.1 Å². The van der Waals surface area contributed by atoms with Crippen molar-refractivity contribution in [2.45, 2.75) is 6.92 Å². The highest BCUT2D eigenvalue weighted by atomic mass is 32.1. The molecule has 3 aromatic heterocycles. The molecule has 4 nitrogen and oxygen atoms in total. The van der Waals surface area contributed by atoms with Gasteiger partial charge in [-0.15, -0.1) is 11.3 Å². The Kier molecular flexibility index (Phi) is 2.33. The quantitative estimate of drug-likeness (QED) is 0.753. The fourth-order valence-corrected chi connectivity index (χ4v) is 2.63. The van der Waals surface area contributed by atoms with Crippen molar-refractivity contribution in [2.24, 2.45) is 7.05 Å². The number of hydrogen-bond acceptors (Lipinski definition) is 4. The number of anilines is 2. The van der Waals surface area contributed by atoms with Crippen molar-refractivity contribution < 1.29 is 0 Å². The SMILES string of the molecule is Cc1nn(C)cc1Nc1nccc2sccc12. The van der Waals surface area contributed by atoms with Gasteiger partial charge < -0.3 is 5.32 Å². The number of thiophene rings is 1. The van der Waals surface area contributed by atoms with Gasteiger partial charge >= 0.3 is 0 Å². The smallest absolute Gasteiger partial charge is 0.139 e. The van der Waals surface area contributed by atoms with Crippen molar-refractivity contribution in [2.75, 3.05) is 5.32 Å². The molecule has 0 bridgehead atoms. The second kappa shape index (κ2) is 3.85. The van der Waals surface area contributed by atoms with Gasteiger partial charge in [-0.25, -0.2) is 4.98 Å². The lowest BCUT2D eigenvalue weighted by atomic mass is 10.3. The predicted octanol–water partition coefficient (Wildman–Crippen LogP) is 3.08. The lowest BCUT2D eigenvalue weighted by molar-refractivity contribution is 0.756. The maximum Gasteiger partial charge on any atom is 0.139 e. The first-order valence-electron chi connectivity index (χ1n) is 5.33. The summed E-state index contributed by atoms with van der Waals surface area (Å²) >= 11 is 1.72. The van der Waals surface area contributed by atoms with E-state index in [1.807, 2.05) is 32.4 Å². The number of hydrogen-bond donors (Lipinski definition) is 1. The van der Waals surface area contributed by atoms with Crippen LogP contribution in [0.3, 0.4) is 0 Å². The maximum atomic E-state index is 4.38. The van der Waals surface area contributed by atoms with Crippen molar-refractivity contribution >= 4 is 32.9 Å². The van der Waals surface area contributed by atoms with Gasteiger partial charge in [0, 0.05) is 29.5 Å². The van der Waals surface area contributed by atoms with Crippen LogP contribution in [0, 0.1) is 6.92 Å². The summed E-state index contributed by atoms with van der Waals surface area (Å²) in [5.41, 5.74) is 1.97. The van der Waals surface area contributed by atoms with Gasteiger partial charge in [0.2, 0.25) is 0 Å². The van der Waals surface area contributed by atoms with Crippen LogP contribution in [0.5, 0.6) is 0 Å². The summed E-state index contributed by atoms with van der Waals surface area (Å²) in [5.74, 6) is 0.889. The van der Waals surface area contributed by atoms with E-state index in [1.54, 1.807) is 16.0 Å². The van der Waals surface area contributed by atoms with Crippen LogP contribution >= 0.6 is 11.3 Å². The van der Waals surface area contributed by atoms with E-state index in [4.69, 9.17) is 0 Å². The highest BCUT2D eigenvalue weighted by molar-refractivity contribution is 7.17. The molecular weight excluding hydrogens is 232 g/mol. The van der Waals surface area contributed by atoms with Crippen molar-refractivity contribution in [3.8, 4) is 0 Å². The third-order valence-electron chi connectivity index (χ3n) is 2.65. The van der Waals surface area contributed by atoms with E-state index in [1.165, 1.54) is 4.70 Å². The minimum Gasteiger partial charge on any atom is -0.337 e. The van der Waals surface area contributed by atoms with E-state index < -0.39 is 0 Å². The highest BCUT2D eigenvalue weighted by Gasteiger charge is 2.07. The van der Waals surface area contributed by atoms with Crippen LogP contribution in [0.2, 0.25) is 0 Å². The standard InChI is InChI=1S/C12H12N4S/c1-8-10(7-16(2)15-8)14-12-9-4-6-17-11(9)3-5-13-12/h3-7H,1-2H3,(H,13,14). The number of rotatable bonds is 2. The van der Waals surface area contributed by atoms with Gasteiger partial charge in [-0.1, -0.05) is 0 Å². The fraction of sp³-hybridized carbons (Fsp3) is 0.167. The number of nitrogens with one attached hydrogen (secondary N) is 1. The Labute approximate surface area is 103 Å². The van der Waals surface area contributed by atoms with E-state index in [-0.39, 0.29) is 0 Å². The molecular formula is C12H12N4S. The van der Waals surface area contributed by atoms with Gasteiger partial charge in [0.1, 0.15) is 5.82 Å². The third kappa shape index (κ3) is 1.78. The van der Waals surface area contributed by atoms with Gasteiger partial charge in [0.15, 0.2) is 0 Å². The summed E-state index contributed by atoms with van der Waals surface area (Å²) in [7, 11) is 1.91. The molecule has 0 aromatic carbocycles. The molecule has 0 unspecified atom stereocenters. The molecule has 0 fully saturated rings. The average Bonchev–Trinajstić information content (AvgIpc) is 2.87. The maximum absolute atomic E-state index is 4.38. The zero-order valence-electron chi connectivity index (χ0n) is 9.64. The Bertz CT molecular complexity index is 668. The fourth-order valence-electron chi connectivity index (χ4n) is 1.84. The molecule has 86 valence electrons. The van der Waals surface area contributed by atoms with E-state index >= 15 is 0 Å². The van der Waals surface area contributed by atoms with Crippen LogP contribution in [-0.2, 0) is 7.05 Å². The van der Waals surface area contributed by atoms with Crippen molar-refractivity contribution in [1.82, 2.24) is 14.8 Å². The lowest BCUT2D eigenvalue weighted by Crippen LogP contribution is -1.93. The normalized spacial score (nSPS) is 10.9. The molecule has 0 amide bonds. The minimum atomic E-state index is 0.889. The molecule has 3 heterocycles. The largest absolute Gasteiger partial charge is 0.337 e. The first kappa shape index (κ1) is 10.3. The molecule has 0 saturated heterocycles. The Morgan fingerprint density at radius 2 is 2.24 bits per heavy atom. The van der Waals surface area contributed by atoms with Gasteiger partial charge in [-0.3, -0.25) is 4.68 Å². The van der Waals surface area contributed by atoms with Gasteiger partial charge in [0.05, 0.1) is 11.4 Å². The van der Waals surface area contributed by atoms with Crippen LogP contribution in [0.4, 0.5) is 11.5 Å². The van der Waals surface area contributed by atoms with Crippen LogP contribution < -0.4 is 5.32 Å². The Morgan fingerprint density at radius 3 is 3.00 bits per heavy atom. The predicted molar refractivity (Wildman–Crippen MR) is 70.8 cm³/mol. The van der Waals surface area contributed by atoms with E-state index in [0.29, 0.717) is 0 Å². The Morgan fingerprint density at radius 1 is 1.35 bits per heavy atom. The van der Waals surface area contributed by atoms with E-state index in [0.717, 1.165) is 22.6 Å². The molecule has 3 aromatic rings. The van der Waals surface area contributed by atoms with Gasteiger partial charge in [0.25, 0.3) is 0 Å². The van der Waals surface area contributed by atoms with Crippen molar-refractivity contribution in [3.63, 3.8) is 0 Å². The summed E-state index contributed by atoms with van der Waals surface area (Å²) in [6.45, 7) is 1.98. The third-order valence-corrected chi connectivity index (χ3v) is 3.53. The topological polar surface area (TPSA) is 42.7 Å². The summed E-state index contributed by atoms with van der Waals surface area (Å²) in [6, 6.07) is 4.11. The van der Waals surface area contributed by atoms with Gasteiger partial charge in [-0.05, 0) is 24.4 Å². The van der Waals surface area contributed by atoms with Crippen LogP contribution in [0.15, 0.2) is 29.9 Å². The Hall–Kier alpha value is -1.88. The number of pyridine rings is 1. The summed E-state index contributed by atoms with van der Waals surface area (Å²) in [5, 5.41) is 10.9. The lowest BCUT2D eigenvalue weighted by Gasteiger charge is -2.04. The molecule has 0 aliphatic rings. The van der Waals surface area contributed by atoms with Crippen molar-refractivity contribution in [1.29, 1.82) is 0 Å². The van der Waals surface area contributed by atoms with Crippen LogP contribution in [0.1, 0.15) is 5.69 Å². The molecule has 17 heavy (non-hydrogen) atoms. The summed E-state index contributed by atoms with van der Waals surface area (Å²) in [6.07, 6.45) is 3.79. The monoisotopic (exact) mass is 244 g/mol. The first-order valence-corrected chi connectivity index (χ1v) is 6.21. The number of aryl methyl sites for hydroxylation is 2. The van der Waals surface area contributed by atoms with Crippen molar-refractivity contribution in [3.05, 3.63) is 35.6 Å². The first-order chi connectivity index (χ1) is 8.24. The molecule has 0 spiro atoms. The number of fused-ring (bicyclic) bond motifs is 1. The molecule has 1 N–H and O–H groups in total. The Balaban J connectivity index is 2.05. The summed E-state index contributed by atoms with van der Waals surface area (Å²) in [4.78, 5) is 4.38. The second-order valence-corrected chi connectivity index (χ2v) is 4.87. The van der Waals surface area contributed by atoms with Gasteiger partial charge in [-0.2, -0.15) is 5.10 Å². The summed E-state index contributed by atoms with van der Waals surface area (Å²) < 4.78 is 3.04. The molecule has 3 rings (SSSR count). The molecule has 5 heteroatoms. The number of nitrogens with zero attached hydrogens (tertiary/aromatic N) is 3. The zero-order chi connectivity index (χ0) is 11.8. The second-order valence-electron chi connectivity index (χ2n) is 3.92. The molecule has 0 atom stereocenters. The molecule has 0 saturated carbocycles. The highest BCUT2D eigenvalue weighted by Crippen LogP contribution is 2.28. The minimum absolute atomic E-state index is 0.889. The van der Waals surface area contributed by atoms with E-state index in [9.17, 15) is 0 Å². The molecule has 0 aliphatic carbocycles. The molecule has 0 aliphatic heterocycles. The molecule has 0 radical (unpaired) electrons. The zero-order valence-corrected chi connectivity index (χ0v) is 10.5. The van der Waals surface area contributed by atoms with Crippen LogP contribution in [-0.4, -0.2) is 14.8 Å². The van der Waals surface area contributed by atoms with E-state index in [2.05, 4.69) is 26.8 Å².